The molecule has 19 heavy (non-hydrogen) atoms. The van der Waals surface area contributed by atoms with E-state index in [-0.39, 0.29) is 0 Å². The summed E-state index contributed by atoms with van der Waals surface area (Å²) in [6, 6.07) is 3.94. The molecule has 1 unspecified atom stereocenters. The Balaban J connectivity index is 1.61. The first-order chi connectivity index (χ1) is 9.34. The van der Waals surface area contributed by atoms with E-state index in [1.165, 1.54) is 5.69 Å². The zero-order valence-electron chi connectivity index (χ0n) is 10.9. The Morgan fingerprint density at radius 1 is 1.53 bits per heavy atom. The Bertz CT molecular complexity index is 539. The number of pyridine rings is 1. The molecule has 2 aromatic heterocycles. The summed E-state index contributed by atoms with van der Waals surface area (Å²) >= 11 is 0. The maximum atomic E-state index is 5.79. The quantitative estimate of drug-likeness (QED) is 0.871. The fourth-order valence-electron chi connectivity index (χ4n) is 2.43. The molecule has 3 rings (SSSR count). The predicted molar refractivity (Wildman–Crippen MR) is 69.3 cm³/mol. The second kappa shape index (κ2) is 5.46. The monoisotopic (exact) mass is 259 g/mol. The van der Waals surface area contributed by atoms with Gasteiger partial charge in [-0.05, 0) is 11.6 Å². The average Bonchev–Trinajstić information content (AvgIpc) is 2.83. The van der Waals surface area contributed by atoms with Crippen LogP contribution in [0.5, 0.6) is 0 Å². The summed E-state index contributed by atoms with van der Waals surface area (Å²) in [5.41, 5.74) is 3.31. The summed E-state index contributed by atoms with van der Waals surface area (Å²) in [6.45, 7) is 2.95. The van der Waals surface area contributed by atoms with Gasteiger partial charge in [0, 0.05) is 38.4 Å². The number of nitrogens with zero attached hydrogens (tertiary/aromatic N) is 4. The Labute approximate surface area is 111 Å². The third-order valence-electron chi connectivity index (χ3n) is 3.32. The van der Waals surface area contributed by atoms with E-state index < -0.39 is 0 Å². The van der Waals surface area contributed by atoms with E-state index in [4.69, 9.17) is 4.74 Å². The van der Waals surface area contributed by atoms with Gasteiger partial charge >= 0.3 is 0 Å². The molecule has 6 heteroatoms. The molecule has 1 atom stereocenters. The van der Waals surface area contributed by atoms with E-state index in [0.29, 0.717) is 19.1 Å². The van der Waals surface area contributed by atoms with Gasteiger partial charge in [0.2, 0.25) is 0 Å². The molecule has 0 radical (unpaired) electrons. The Morgan fingerprint density at radius 3 is 3.32 bits per heavy atom. The zero-order chi connectivity index (χ0) is 13.1. The van der Waals surface area contributed by atoms with Crippen molar-refractivity contribution in [2.24, 2.45) is 7.05 Å². The van der Waals surface area contributed by atoms with Crippen LogP contribution in [0.25, 0.3) is 0 Å². The van der Waals surface area contributed by atoms with Crippen molar-refractivity contribution in [1.29, 1.82) is 0 Å². The van der Waals surface area contributed by atoms with Crippen molar-refractivity contribution in [2.75, 3.05) is 13.2 Å². The molecule has 100 valence electrons. The molecule has 0 amide bonds. The highest BCUT2D eigenvalue weighted by Crippen LogP contribution is 2.22. The smallest absolute Gasteiger partial charge is 0.100 e. The van der Waals surface area contributed by atoms with E-state index in [9.17, 15) is 0 Å². The molecule has 0 spiro atoms. The lowest BCUT2D eigenvalue weighted by Crippen LogP contribution is -2.31. The minimum atomic E-state index is 0.306. The number of ether oxygens (including phenoxy) is 1. The van der Waals surface area contributed by atoms with E-state index in [0.717, 1.165) is 24.3 Å². The lowest BCUT2D eigenvalue weighted by molar-refractivity contribution is 0.102. The molecule has 6 nitrogen and oxygen atoms in total. The lowest BCUT2D eigenvalue weighted by Gasteiger charge is -2.23. The fraction of sp³-hybridized carbons (Fsp3) is 0.462. The van der Waals surface area contributed by atoms with Gasteiger partial charge in [-0.1, -0.05) is 11.3 Å². The Kier molecular flexibility index (Phi) is 3.52. The van der Waals surface area contributed by atoms with E-state index in [1.54, 1.807) is 6.20 Å². The van der Waals surface area contributed by atoms with Gasteiger partial charge in [0.1, 0.15) is 5.69 Å². The molecule has 1 aliphatic rings. The van der Waals surface area contributed by atoms with Crippen molar-refractivity contribution in [1.82, 2.24) is 25.3 Å². The highest BCUT2D eigenvalue weighted by atomic mass is 16.5. The maximum Gasteiger partial charge on any atom is 0.100 e. The maximum absolute atomic E-state index is 5.79. The van der Waals surface area contributed by atoms with E-state index >= 15 is 0 Å². The number of hydrogen-bond donors (Lipinski definition) is 1. The molecule has 0 fully saturated rings. The first kappa shape index (κ1) is 12.3. The van der Waals surface area contributed by atoms with Gasteiger partial charge in [0.25, 0.3) is 0 Å². The summed E-state index contributed by atoms with van der Waals surface area (Å²) < 4.78 is 7.65. The number of rotatable bonds is 4. The number of aryl methyl sites for hydroxylation is 1. The van der Waals surface area contributed by atoms with Crippen molar-refractivity contribution >= 4 is 0 Å². The second-order valence-electron chi connectivity index (χ2n) is 4.75. The van der Waals surface area contributed by atoms with Crippen LogP contribution in [0.3, 0.4) is 0 Å². The molecule has 0 bridgehead atoms. The van der Waals surface area contributed by atoms with Gasteiger partial charge in [-0.3, -0.25) is 9.67 Å². The Morgan fingerprint density at radius 2 is 2.47 bits per heavy atom. The van der Waals surface area contributed by atoms with Gasteiger partial charge < -0.3 is 10.1 Å². The van der Waals surface area contributed by atoms with Crippen LogP contribution >= 0.6 is 0 Å². The zero-order valence-corrected chi connectivity index (χ0v) is 10.9. The number of hydrogen-bond acceptors (Lipinski definition) is 5. The predicted octanol–water partition coefficient (Wildman–Crippen LogP) is 0.614. The number of aromatic nitrogens is 4. The van der Waals surface area contributed by atoms with Crippen LogP contribution in [0.4, 0.5) is 0 Å². The minimum absolute atomic E-state index is 0.306. The third-order valence-corrected chi connectivity index (χ3v) is 3.32. The van der Waals surface area contributed by atoms with Crippen molar-refractivity contribution in [3.63, 3.8) is 0 Å². The van der Waals surface area contributed by atoms with Gasteiger partial charge in [0.05, 0.1) is 18.9 Å². The molecular formula is C13H17N5O. The van der Waals surface area contributed by atoms with E-state index in [1.807, 2.05) is 30.1 Å². The van der Waals surface area contributed by atoms with Gasteiger partial charge in [-0.2, -0.15) is 0 Å². The average molecular weight is 259 g/mol. The molecule has 1 N–H and O–H groups in total. The molecule has 0 saturated carbocycles. The summed E-state index contributed by atoms with van der Waals surface area (Å²) in [6.07, 6.45) is 3.60. The summed E-state index contributed by atoms with van der Waals surface area (Å²) in [5.74, 6) is 0.306. The number of fused-ring (bicyclic) bond motifs is 1. The molecule has 0 aromatic carbocycles. The van der Waals surface area contributed by atoms with Crippen LogP contribution in [-0.4, -0.2) is 33.1 Å². The molecular weight excluding hydrogens is 242 g/mol. The SMILES string of the molecule is Cn1nnc2c1C(COCc1cccnc1)CNC2. The van der Waals surface area contributed by atoms with Crippen molar-refractivity contribution in [3.8, 4) is 0 Å². The molecule has 0 aliphatic carbocycles. The van der Waals surface area contributed by atoms with Gasteiger partial charge in [-0.25, -0.2) is 0 Å². The topological polar surface area (TPSA) is 64.9 Å². The van der Waals surface area contributed by atoms with Crippen LogP contribution in [-0.2, 0) is 24.9 Å². The first-order valence-corrected chi connectivity index (χ1v) is 6.40. The van der Waals surface area contributed by atoms with Crippen LogP contribution in [0.2, 0.25) is 0 Å². The normalized spacial score (nSPS) is 18.3. The van der Waals surface area contributed by atoms with Crippen LogP contribution in [0.15, 0.2) is 24.5 Å². The van der Waals surface area contributed by atoms with Crippen LogP contribution in [0, 0.1) is 0 Å². The molecule has 1 aliphatic heterocycles. The molecule has 0 saturated heterocycles. The lowest BCUT2D eigenvalue weighted by atomic mass is 10.0. The highest BCUT2D eigenvalue weighted by molar-refractivity contribution is 5.19. The summed E-state index contributed by atoms with van der Waals surface area (Å²) in [4.78, 5) is 4.08. The van der Waals surface area contributed by atoms with Crippen LogP contribution in [0.1, 0.15) is 22.9 Å². The standard InChI is InChI=1S/C13H17N5O/c1-18-13-11(6-15-7-12(13)16-17-18)9-19-8-10-3-2-4-14-5-10/h2-5,11,15H,6-9H2,1H3. The van der Waals surface area contributed by atoms with Crippen molar-refractivity contribution in [2.45, 2.75) is 19.1 Å². The van der Waals surface area contributed by atoms with E-state index in [2.05, 4.69) is 20.6 Å². The highest BCUT2D eigenvalue weighted by Gasteiger charge is 2.25. The largest absolute Gasteiger partial charge is 0.376 e. The summed E-state index contributed by atoms with van der Waals surface area (Å²) in [5, 5.41) is 11.6. The fourth-order valence-corrected chi connectivity index (χ4v) is 2.43. The van der Waals surface area contributed by atoms with Gasteiger partial charge in [-0.15, -0.1) is 5.10 Å². The summed E-state index contributed by atoms with van der Waals surface area (Å²) in [7, 11) is 1.94. The Hall–Kier alpha value is -1.79. The van der Waals surface area contributed by atoms with Crippen molar-refractivity contribution in [3.05, 3.63) is 41.5 Å². The van der Waals surface area contributed by atoms with Gasteiger partial charge in [0.15, 0.2) is 0 Å². The van der Waals surface area contributed by atoms with Crippen LogP contribution < -0.4 is 5.32 Å². The third kappa shape index (κ3) is 2.64. The second-order valence-corrected chi connectivity index (χ2v) is 4.75. The minimum Gasteiger partial charge on any atom is -0.376 e. The first-order valence-electron chi connectivity index (χ1n) is 6.40. The number of nitrogens with one attached hydrogen (secondary N) is 1. The molecule has 3 heterocycles. The van der Waals surface area contributed by atoms with Crippen molar-refractivity contribution < 1.29 is 4.74 Å². The molecule has 2 aromatic rings.